The van der Waals surface area contributed by atoms with Gasteiger partial charge in [-0.3, -0.25) is 0 Å². The maximum Gasteiger partial charge on any atom is 0.223 e. The summed E-state index contributed by atoms with van der Waals surface area (Å²) < 4.78 is 0.926. The molecule has 1 aromatic heterocycles. The average Bonchev–Trinajstić information content (AvgIpc) is 2.95. The van der Waals surface area contributed by atoms with Crippen LogP contribution in [0.15, 0.2) is 34.9 Å². The summed E-state index contributed by atoms with van der Waals surface area (Å²) in [5.41, 5.74) is 2.63. The van der Waals surface area contributed by atoms with Gasteiger partial charge in [-0.1, -0.05) is 15.9 Å². The zero-order valence-electron chi connectivity index (χ0n) is 12.3. The minimum atomic E-state index is 0.289. The Balaban J connectivity index is 1.71. The van der Waals surface area contributed by atoms with Crippen LogP contribution in [-0.4, -0.2) is 29.1 Å². The van der Waals surface area contributed by atoms with Gasteiger partial charge in [0.1, 0.15) is 6.07 Å². The number of halogens is 1. The number of rotatable bonds is 3. The minimum absolute atomic E-state index is 0.289. The van der Waals surface area contributed by atoms with Crippen molar-refractivity contribution in [2.75, 3.05) is 23.3 Å². The van der Waals surface area contributed by atoms with E-state index >= 15 is 0 Å². The Labute approximate surface area is 138 Å². The fourth-order valence-electron chi connectivity index (χ4n) is 2.67. The molecule has 0 radical (unpaired) electrons. The number of aryl methyl sites for hydroxylation is 1. The molecule has 2 aromatic rings. The molecule has 22 heavy (non-hydrogen) atoms. The van der Waals surface area contributed by atoms with Gasteiger partial charge in [0.15, 0.2) is 0 Å². The third-order valence-corrected chi connectivity index (χ3v) is 4.23. The molecular formula is C16H16BrN5. The molecule has 0 bridgehead atoms. The van der Waals surface area contributed by atoms with Crippen molar-refractivity contribution < 1.29 is 0 Å². The lowest BCUT2D eigenvalue weighted by atomic mass is 10.2. The summed E-state index contributed by atoms with van der Waals surface area (Å²) in [6.07, 6.45) is 2.76. The van der Waals surface area contributed by atoms with Crippen LogP contribution in [0.5, 0.6) is 0 Å². The number of hydrogen-bond acceptors (Lipinski definition) is 5. The monoisotopic (exact) mass is 357 g/mol. The number of aromatic nitrogens is 2. The van der Waals surface area contributed by atoms with Crippen LogP contribution in [-0.2, 0) is 0 Å². The fourth-order valence-corrected chi connectivity index (χ4v) is 3.03. The van der Waals surface area contributed by atoms with E-state index in [2.05, 4.69) is 42.2 Å². The second kappa shape index (κ2) is 6.32. The van der Waals surface area contributed by atoms with E-state index in [0.717, 1.165) is 35.4 Å². The van der Waals surface area contributed by atoms with Crippen molar-refractivity contribution in [3.63, 3.8) is 0 Å². The van der Waals surface area contributed by atoms with Crippen molar-refractivity contribution in [1.82, 2.24) is 9.97 Å². The number of nitriles is 1. The first-order chi connectivity index (χ1) is 10.7. The maximum absolute atomic E-state index is 9.30. The summed E-state index contributed by atoms with van der Waals surface area (Å²) in [6.45, 7) is 3.71. The second-order valence-electron chi connectivity index (χ2n) is 5.37. The van der Waals surface area contributed by atoms with E-state index in [0.29, 0.717) is 11.5 Å². The highest BCUT2D eigenvalue weighted by Crippen LogP contribution is 2.27. The summed E-state index contributed by atoms with van der Waals surface area (Å²) in [4.78, 5) is 10.9. The Hall–Kier alpha value is -2.13. The Morgan fingerprint density at radius 2 is 2.27 bits per heavy atom. The molecule has 0 amide bonds. The van der Waals surface area contributed by atoms with E-state index in [1.165, 1.54) is 0 Å². The predicted octanol–water partition coefficient (Wildman–Crippen LogP) is 3.11. The second-order valence-corrected chi connectivity index (χ2v) is 6.29. The van der Waals surface area contributed by atoms with Gasteiger partial charge >= 0.3 is 0 Å². The summed E-state index contributed by atoms with van der Waals surface area (Å²) in [5.74, 6) is 0.670. The lowest BCUT2D eigenvalue weighted by Crippen LogP contribution is -2.27. The molecule has 3 rings (SSSR count). The topological polar surface area (TPSA) is 64.8 Å². The van der Waals surface area contributed by atoms with Crippen LogP contribution in [0, 0.1) is 18.3 Å². The molecule has 1 N–H and O–H groups in total. The summed E-state index contributed by atoms with van der Waals surface area (Å²) in [7, 11) is 0. The van der Waals surface area contributed by atoms with Gasteiger partial charge in [-0.05, 0) is 37.6 Å². The normalized spacial score (nSPS) is 17.3. The van der Waals surface area contributed by atoms with Gasteiger partial charge in [-0.25, -0.2) is 9.97 Å². The third kappa shape index (κ3) is 3.20. The highest BCUT2D eigenvalue weighted by atomic mass is 79.9. The Bertz CT molecular complexity index is 725. The molecule has 1 fully saturated rings. The zero-order chi connectivity index (χ0) is 15.5. The van der Waals surface area contributed by atoms with Gasteiger partial charge in [0.05, 0.1) is 11.3 Å². The number of anilines is 2. The lowest BCUT2D eigenvalue weighted by Gasteiger charge is -2.20. The van der Waals surface area contributed by atoms with Gasteiger partial charge < -0.3 is 10.2 Å². The number of nitrogens with one attached hydrogen (secondary N) is 1. The minimum Gasteiger partial charge on any atom is -0.368 e. The highest BCUT2D eigenvalue weighted by Gasteiger charge is 2.24. The van der Waals surface area contributed by atoms with Crippen molar-refractivity contribution >= 4 is 27.6 Å². The Kier molecular flexibility index (Phi) is 4.25. The SMILES string of the molecule is Cc1ccnc(NC2CCN(c3ccc(Br)cc3C#N)C2)n1. The van der Waals surface area contributed by atoms with Crippen LogP contribution in [0.1, 0.15) is 17.7 Å². The molecule has 0 aliphatic carbocycles. The molecule has 0 saturated carbocycles. The Morgan fingerprint density at radius 1 is 1.41 bits per heavy atom. The van der Waals surface area contributed by atoms with E-state index in [1.807, 2.05) is 31.2 Å². The molecule has 5 nitrogen and oxygen atoms in total. The van der Waals surface area contributed by atoms with Crippen LogP contribution in [0.25, 0.3) is 0 Å². The molecule has 1 aliphatic heterocycles. The maximum atomic E-state index is 9.30. The van der Waals surface area contributed by atoms with Crippen molar-refractivity contribution in [3.05, 3.63) is 46.2 Å². The first-order valence-electron chi connectivity index (χ1n) is 7.16. The van der Waals surface area contributed by atoms with Gasteiger partial charge in [-0.2, -0.15) is 5.26 Å². The molecule has 0 spiro atoms. The van der Waals surface area contributed by atoms with Crippen LogP contribution >= 0.6 is 15.9 Å². The number of hydrogen-bond donors (Lipinski definition) is 1. The van der Waals surface area contributed by atoms with E-state index < -0.39 is 0 Å². The molecular weight excluding hydrogens is 342 g/mol. The van der Waals surface area contributed by atoms with Crippen LogP contribution < -0.4 is 10.2 Å². The summed E-state index contributed by atoms with van der Waals surface area (Å²) >= 11 is 3.41. The van der Waals surface area contributed by atoms with Gasteiger partial charge in [0.2, 0.25) is 5.95 Å². The number of nitrogens with zero attached hydrogens (tertiary/aromatic N) is 4. The highest BCUT2D eigenvalue weighted by molar-refractivity contribution is 9.10. The van der Waals surface area contributed by atoms with E-state index in [4.69, 9.17) is 0 Å². The third-order valence-electron chi connectivity index (χ3n) is 3.74. The summed E-state index contributed by atoms with van der Waals surface area (Å²) in [6, 6.07) is 10.3. The average molecular weight is 358 g/mol. The lowest BCUT2D eigenvalue weighted by molar-refractivity contribution is 0.790. The zero-order valence-corrected chi connectivity index (χ0v) is 13.8. The number of benzene rings is 1. The van der Waals surface area contributed by atoms with Gasteiger partial charge in [0.25, 0.3) is 0 Å². The van der Waals surface area contributed by atoms with Crippen molar-refractivity contribution in [2.45, 2.75) is 19.4 Å². The molecule has 112 valence electrons. The smallest absolute Gasteiger partial charge is 0.223 e. The molecule has 2 heterocycles. The van der Waals surface area contributed by atoms with Crippen molar-refractivity contribution in [2.24, 2.45) is 0 Å². The van der Waals surface area contributed by atoms with Crippen LogP contribution in [0.2, 0.25) is 0 Å². The first-order valence-corrected chi connectivity index (χ1v) is 7.96. The standard InChI is InChI=1S/C16H16BrN5/c1-11-4-6-19-16(20-11)21-14-5-7-22(10-14)15-3-2-13(17)8-12(15)9-18/h2-4,6,8,14H,5,7,10H2,1H3,(H,19,20,21). The molecule has 1 aliphatic rings. The van der Waals surface area contributed by atoms with Crippen LogP contribution in [0.4, 0.5) is 11.6 Å². The van der Waals surface area contributed by atoms with E-state index in [9.17, 15) is 5.26 Å². The molecule has 1 aromatic carbocycles. The molecule has 1 saturated heterocycles. The van der Waals surface area contributed by atoms with E-state index in [-0.39, 0.29) is 6.04 Å². The largest absolute Gasteiger partial charge is 0.368 e. The van der Waals surface area contributed by atoms with Crippen molar-refractivity contribution in [1.29, 1.82) is 5.26 Å². The molecule has 6 heteroatoms. The van der Waals surface area contributed by atoms with Gasteiger partial charge in [0, 0.05) is 35.5 Å². The van der Waals surface area contributed by atoms with Crippen molar-refractivity contribution in [3.8, 4) is 6.07 Å². The Morgan fingerprint density at radius 3 is 3.05 bits per heavy atom. The summed E-state index contributed by atoms with van der Waals surface area (Å²) in [5, 5.41) is 12.7. The van der Waals surface area contributed by atoms with Gasteiger partial charge in [-0.15, -0.1) is 0 Å². The molecule has 1 atom stereocenters. The fraction of sp³-hybridized carbons (Fsp3) is 0.312. The predicted molar refractivity (Wildman–Crippen MR) is 89.9 cm³/mol. The van der Waals surface area contributed by atoms with Crippen LogP contribution in [0.3, 0.4) is 0 Å². The van der Waals surface area contributed by atoms with E-state index in [1.54, 1.807) is 6.20 Å². The molecule has 1 unspecified atom stereocenters. The first kappa shape index (κ1) is 14.8. The quantitative estimate of drug-likeness (QED) is 0.913.